The molecule has 1 heterocycles. The van der Waals surface area contributed by atoms with Gasteiger partial charge >= 0.3 is 11.9 Å². The van der Waals surface area contributed by atoms with Crippen molar-refractivity contribution in [3.8, 4) is 0 Å². The summed E-state index contributed by atoms with van der Waals surface area (Å²) in [5, 5.41) is 12.0. The van der Waals surface area contributed by atoms with Crippen molar-refractivity contribution in [1.29, 1.82) is 0 Å². The van der Waals surface area contributed by atoms with E-state index < -0.39 is 28.2 Å². The zero-order chi connectivity index (χ0) is 25.8. The van der Waals surface area contributed by atoms with Crippen molar-refractivity contribution in [3.05, 3.63) is 12.2 Å². The molecule has 8 aliphatic carbocycles. The molecule has 8 nitrogen and oxygen atoms in total. The number of carbonyl (C=O) groups is 3. The predicted octanol–water partition coefficient (Wildman–Crippen LogP) is 2.68. The van der Waals surface area contributed by atoms with Crippen molar-refractivity contribution in [3.63, 3.8) is 0 Å². The van der Waals surface area contributed by atoms with Crippen molar-refractivity contribution >= 4 is 17.9 Å². The van der Waals surface area contributed by atoms with Crippen LogP contribution in [-0.2, 0) is 33.3 Å². The summed E-state index contributed by atoms with van der Waals surface area (Å²) in [6.07, 6.45) is 8.12. The zero-order valence-corrected chi connectivity index (χ0v) is 21.6. The summed E-state index contributed by atoms with van der Waals surface area (Å²) >= 11 is 0. The Labute approximate surface area is 217 Å². The first-order valence-electron chi connectivity index (χ1n) is 14.1. The number of carboxylic acid groups (broad SMARTS) is 1. The summed E-state index contributed by atoms with van der Waals surface area (Å²) in [5.74, 6) is -1.04. The van der Waals surface area contributed by atoms with E-state index in [2.05, 4.69) is 6.58 Å². The van der Waals surface area contributed by atoms with Crippen molar-refractivity contribution in [1.82, 2.24) is 0 Å². The van der Waals surface area contributed by atoms with Gasteiger partial charge in [0.1, 0.15) is 18.3 Å². The highest BCUT2D eigenvalue weighted by molar-refractivity contribution is 5.87. The van der Waals surface area contributed by atoms with Crippen LogP contribution in [0.2, 0.25) is 0 Å². The lowest BCUT2D eigenvalue weighted by atomic mass is 9.47. The molecular weight excluding hydrogens is 476 g/mol. The average Bonchev–Trinajstić information content (AvgIpc) is 3.24. The van der Waals surface area contributed by atoms with Crippen LogP contribution in [0.3, 0.4) is 0 Å². The van der Waals surface area contributed by atoms with Crippen LogP contribution < -0.4 is 5.11 Å². The molecule has 8 bridgehead atoms. The van der Waals surface area contributed by atoms with Gasteiger partial charge in [0, 0.05) is 35.2 Å². The van der Waals surface area contributed by atoms with Crippen LogP contribution in [0.4, 0.5) is 0 Å². The fourth-order valence-electron chi connectivity index (χ4n) is 10.4. The van der Waals surface area contributed by atoms with E-state index >= 15 is 0 Å². The number of ether oxygens (including phenoxy) is 4. The van der Waals surface area contributed by atoms with Crippen molar-refractivity contribution in [2.75, 3.05) is 13.2 Å². The van der Waals surface area contributed by atoms with Gasteiger partial charge in [-0.25, -0.2) is 4.79 Å². The Morgan fingerprint density at radius 2 is 1.57 bits per heavy atom. The molecule has 37 heavy (non-hydrogen) atoms. The molecule has 0 N–H and O–H groups in total. The lowest BCUT2D eigenvalue weighted by Crippen LogP contribution is -2.65. The van der Waals surface area contributed by atoms with Gasteiger partial charge in [-0.05, 0) is 88.9 Å². The molecule has 0 aromatic rings. The standard InChI is InChI=1S/C29H38O8/c1-16(2)23(30)37-28-9-18-3-19(10-28)8-27(7-18,15-28)25(33)34-13-22-14-35-29(36-22)20-4-17-5-21(29)12-26(6-17,11-20)24(31)32/h17-22H,1,3-15H2,2H3,(H,31,32)/p-1. The van der Waals surface area contributed by atoms with Crippen LogP contribution in [0, 0.1) is 40.4 Å². The van der Waals surface area contributed by atoms with E-state index in [1.165, 1.54) is 0 Å². The molecule has 9 fully saturated rings. The number of hydrogen-bond donors (Lipinski definition) is 0. The van der Waals surface area contributed by atoms with E-state index in [0.29, 0.717) is 55.6 Å². The normalized spacial score (nSPS) is 50.4. The van der Waals surface area contributed by atoms with Gasteiger partial charge in [0.25, 0.3) is 0 Å². The number of hydrogen-bond acceptors (Lipinski definition) is 8. The number of carboxylic acids is 1. The Kier molecular flexibility index (Phi) is 5.09. The molecule has 8 saturated carbocycles. The molecule has 202 valence electrons. The second-order valence-corrected chi connectivity index (χ2v) is 13.9. The maximum atomic E-state index is 13.6. The molecule has 0 amide bonds. The Morgan fingerprint density at radius 1 is 0.919 bits per heavy atom. The second-order valence-electron chi connectivity index (χ2n) is 13.9. The van der Waals surface area contributed by atoms with Gasteiger partial charge in [-0.15, -0.1) is 0 Å². The van der Waals surface area contributed by atoms with Gasteiger partial charge in [-0.1, -0.05) is 6.58 Å². The largest absolute Gasteiger partial charge is 0.550 e. The Bertz CT molecular complexity index is 1030. The Morgan fingerprint density at radius 3 is 2.19 bits per heavy atom. The summed E-state index contributed by atoms with van der Waals surface area (Å²) < 4.78 is 24.8. The van der Waals surface area contributed by atoms with Crippen LogP contribution in [-0.4, -0.2) is 48.6 Å². The van der Waals surface area contributed by atoms with Gasteiger partial charge < -0.3 is 28.8 Å². The van der Waals surface area contributed by atoms with E-state index in [1.807, 2.05) is 0 Å². The first kappa shape index (κ1) is 24.1. The molecular formula is C29H37O8-. The second kappa shape index (κ2) is 7.81. The summed E-state index contributed by atoms with van der Waals surface area (Å²) in [6, 6.07) is 0. The topological polar surface area (TPSA) is 111 Å². The molecule has 9 aliphatic rings. The van der Waals surface area contributed by atoms with E-state index in [-0.39, 0.29) is 36.5 Å². The fraction of sp³-hybridized carbons (Fsp3) is 0.828. The maximum absolute atomic E-state index is 13.6. The number of aliphatic carboxylic acids is 1. The Hall–Kier alpha value is -1.93. The molecule has 0 aromatic carbocycles. The third kappa shape index (κ3) is 3.50. The SMILES string of the molecule is C=C(C)C(=O)OC12CC3CC(C1)CC(C(=O)OCC1COC4(O1)C1CC5CC4CC(C(=O)[O-])(C5)C1)(C3)C2. The number of carbonyl (C=O) groups excluding carboxylic acids is 3. The van der Waals surface area contributed by atoms with Gasteiger partial charge in [-0.2, -0.15) is 0 Å². The maximum Gasteiger partial charge on any atom is 0.333 e. The van der Waals surface area contributed by atoms with Crippen molar-refractivity contribution in [2.45, 2.75) is 95.0 Å². The molecule has 0 radical (unpaired) electrons. The molecule has 1 spiro atoms. The van der Waals surface area contributed by atoms with E-state index in [4.69, 9.17) is 18.9 Å². The van der Waals surface area contributed by atoms with E-state index in [1.54, 1.807) is 6.92 Å². The van der Waals surface area contributed by atoms with Crippen LogP contribution in [0.25, 0.3) is 0 Å². The monoisotopic (exact) mass is 513 g/mol. The predicted molar refractivity (Wildman–Crippen MR) is 126 cm³/mol. The van der Waals surface area contributed by atoms with Gasteiger partial charge in [0.2, 0.25) is 0 Å². The minimum Gasteiger partial charge on any atom is -0.550 e. The van der Waals surface area contributed by atoms with Gasteiger partial charge in [-0.3, -0.25) is 4.79 Å². The average molecular weight is 514 g/mol. The molecule has 5 atom stereocenters. The number of esters is 2. The van der Waals surface area contributed by atoms with Gasteiger partial charge in [0.15, 0.2) is 5.79 Å². The van der Waals surface area contributed by atoms with E-state index in [9.17, 15) is 19.5 Å². The third-order valence-electron chi connectivity index (χ3n) is 11.1. The van der Waals surface area contributed by atoms with Gasteiger partial charge in [0.05, 0.1) is 12.0 Å². The summed E-state index contributed by atoms with van der Waals surface area (Å²) in [6.45, 7) is 5.87. The van der Waals surface area contributed by atoms with Crippen molar-refractivity contribution < 1.29 is 38.4 Å². The first-order chi connectivity index (χ1) is 17.5. The van der Waals surface area contributed by atoms with Crippen LogP contribution in [0.5, 0.6) is 0 Å². The zero-order valence-electron chi connectivity index (χ0n) is 21.6. The van der Waals surface area contributed by atoms with E-state index in [0.717, 1.165) is 44.9 Å². The summed E-state index contributed by atoms with van der Waals surface area (Å²) in [7, 11) is 0. The molecule has 9 rings (SSSR count). The lowest BCUT2D eigenvalue weighted by molar-refractivity contribution is -0.349. The van der Waals surface area contributed by atoms with Crippen LogP contribution in [0.15, 0.2) is 12.2 Å². The highest BCUT2D eigenvalue weighted by Gasteiger charge is 2.67. The molecule has 0 aromatic heterocycles. The number of rotatable bonds is 6. The molecule has 1 aliphatic heterocycles. The lowest BCUT2D eigenvalue weighted by Gasteiger charge is -2.63. The molecule has 8 heteroatoms. The van der Waals surface area contributed by atoms with Crippen LogP contribution in [0.1, 0.15) is 77.6 Å². The fourth-order valence-corrected chi connectivity index (χ4v) is 10.4. The quantitative estimate of drug-likeness (QED) is 0.394. The first-order valence-corrected chi connectivity index (χ1v) is 14.1. The third-order valence-corrected chi connectivity index (χ3v) is 11.1. The summed E-state index contributed by atoms with van der Waals surface area (Å²) in [4.78, 5) is 38.0. The minimum atomic E-state index is -0.924. The molecule has 1 saturated heterocycles. The smallest absolute Gasteiger partial charge is 0.333 e. The van der Waals surface area contributed by atoms with Crippen molar-refractivity contribution in [2.24, 2.45) is 40.4 Å². The Balaban J connectivity index is 1.02. The highest BCUT2D eigenvalue weighted by atomic mass is 16.8. The highest BCUT2D eigenvalue weighted by Crippen LogP contribution is 2.66. The summed E-state index contributed by atoms with van der Waals surface area (Å²) in [5.41, 5.74) is -1.55. The minimum absolute atomic E-state index is 0.0448. The molecule has 5 unspecified atom stereocenters. The van der Waals surface area contributed by atoms with Crippen LogP contribution >= 0.6 is 0 Å².